The molecular weight excluding hydrogens is 294 g/mol. The minimum atomic E-state index is -3.33. The summed E-state index contributed by atoms with van der Waals surface area (Å²) in [7, 11) is -0.540. The Hall–Kier alpha value is -1.63. The lowest BCUT2D eigenvalue weighted by molar-refractivity contribution is -0.141. The van der Waals surface area contributed by atoms with Gasteiger partial charge in [0.25, 0.3) is 0 Å². The topological polar surface area (TPSA) is 82.6 Å². The number of hydrogen-bond acceptors (Lipinski definition) is 6. The van der Waals surface area contributed by atoms with Crippen LogP contribution in [0.5, 0.6) is 5.88 Å². The highest BCUT2D eigenvalue weighted by Crippen LogP contribution is 2.50. The van der Waals surface area contributed by atoms with Crippen LogP contribution < -0.4 is 4.74 Å². The maximum absolute atomic E-state index is 12.3. The lowest BCUT2D eigenvalue weighted by Gasteiger charge is -2.14. The van der Waals surface area contributed by atoms with Crippen molar-refractivity contribution in [1.82, 2.24) is 4.98 Å². The number of sulfone groups is 1. The first-order chi connectivity index (χ1) is 9.88. The Bertz CT molecular complexity index is 622. The number of hydrogen-bond donors (Lipinski definition) is 0. The first-order valence-corrected chi connectivity index (χ1v) is 8.47. The van der Waals surface area contributed by atoms with Crippen LogP contribution >= 0.6 is 0 Å². The summed E-state index contributed by atoms with van der Waals surface area (Å²) in [5.74, 6) is -0.123. The van der Waals surface area contributed by atoms with E-state index in [4.69, 9.17) is 4.74 Å². The molecular formula is C14H19NO5S. The van der Waals surface area contributed by atoms with E-state index in [1.165, 1.54) is 14.2 Å². The van der Waals surface area contributed by atoms with Crippen LogP contribution in [0.3, 0.4) is 0 Å². The third-order valence-corrected chi connectivity index (χ3v) is 5.38. The van der Waals surface area contributed by atoms with Crippen molar-refractivity contribution < 1.29 is 22.7 Å². The molecule has 1 aromatic rings. The predicted molar refractivity (Wildman–Crippen MR) is 76.6 cm³/mol. The molecule has 0 N–H and O–H groups in total. The van der Waals surface area contributed by atoms with Crippen molar-refractivity contribution in [2.24, 2.45) is 5.41 Å². The van der Waals surface area contributed by atoms with Crippen LogP contribution in [-0.4, -0.2) is 39.3 Å². The third kappa shape index (κ3) is 4.42. The molecule has 0 radical (unpaired) electrons. The molecule has 21 heavy (non-hydrogen) atoms. The number of nitrogens with zero attached hydrogens (tertiary/aromatic N) is 1. The Balaban J connectivity index is 2.03. The quantitative estimate of drug-likeness (QED) is 0.707. The van der Waals surface area contributed by atoms with Gasteiger partial charge in [-0.2, -0.15) is 0 Å². The molecule has 1 aliphatic carbocycles. The molecule has 0 aliphatic heterocycles. The van der Waals surface area contributed by atoms with E-state index in [1.807, 2.05) is 0 Å². The molecule has 0 atom stereocenters. The van der Waals surface area contributed by atoms with Crippen LogP contribution in [0.2, 0.25) is 0 Å². The minimum absolute atomic E-state index is 0.00596. The van der Waals surface area contributed by atoms with E-state index in [-0.39, 0.29) is 23.9 Å². The molecule has 116 valence electrons. The molecule has 6 nitrogen and oxygen atoms in total. The Labute approximate surface area is 124 Å². The number of ether oxygens (including phenoxy) is 2. The van der Waals surface area contributed by atoms with Gasteiger partial charge >= 0.3 is 5.97 Å². The van der Waals surface area contributed by atoms with Gasteiger partial charge in [0.15, 0.2) is 9.84 Å². The zero-order valence-electron chi connectivity index (χ0n) is 12.2. The molecule has 7 heteroatoms. The second-order valence-electron chi connectivity index (χ2n) is 5.46. The van der Waals surface area contributed by atoms with Crippen LogP contribution in [0.1, 0.15) is 25.0 Å². The first-order valence-electron chi connectivity index (χ1n) is 6.65. The van der Waals surface area contributed by atoms with Gasteiger partial charge in [-0.05, 0) is 24.3 Å². The van der Waals surface area contributed by atoms with Gasteiger partial charge in [0.05, 0.1) is 37.8 Å². The summed E-state index contributed by atoms with van der Waals surface area (Å²) in [6.45, 7) is 0. The van der Waals surface area contributed by atoms with Gasteiger partial charge < -0.3 is 9.47 Å². The summed E-state index contributed by atoms with van der Waals surface area (Å²) >= 11 is 0. The summed E-state index contributed by atoms with van der Waals surface area (Å²) in [6.07, 6.45) is 1.65. The molecule has 0 unspecified atom stereocenters. The van der Waals surface area contributed by atoms with E-state index in [0.29, 0.717) is 11.6 Å². The van der Waals surface area contributed by atoms with Gasteiger partial charge in [-0.15, -0.1) is 0 Å². The van der Waals surface area contributed by atoms with E-state index < -0.39 is 15.3 Å². The zero-order chi connectivity index (χ0) is 15.5. The molecule has 0 amide bonds. The van der Waals surface area contributed by atoms with Crippen molar-refractivity contribution in [1.29, 1.82) is 0 Å². The Morgan fingerprint density at radius 1 is 1.33 bits per heavy atom. The van der Waals surface area contributed by atoms with Crippen molar-refractivity contribution in [3.8, 4) is 5.88 Å². The van der Waals surface area contributed by atoms with Crippen molar-refractivity contribution >= 4 is 15.8 Å². The van der Waals surface area contributed by atoms with E-state index >= 15 is 0 Å². The van der Waals surface area contributed by atoms with Gasteiger partial charge in [0.2, 0.25) is 5.88 Å². The lowest BCUT2D eigenvalue weighted by atomic mass is 10.1. The number of rotatable bonds is 7. The maximum atomic E-state index is 12.3. The summed E-state index contributed by atoms with van der Waals surface area (Å²) in [5, 5.41) is 0. The van der Waals surface area contributed by atoms with Crippen molar-refractivity contribution in [3.05, 3.63) is 23.9 Å². The van der Waals surface area contributed by atoms with Gasteiger partial charge in [0.1, 0.15) is 0 Å². The highest BCUT2D eigenvalue weighted by Gasteiger charge is 2.47. The van der Waals surface area contributed by atoms with Crippen LogP contribution in [0.15, 0.2) is 18.2 Å². The van der Waals surface area contributed by atoms with Crippen molar-refractivity contribution in [3.63, 3.8) is 0 Å². The van der Waals surface area contributed by atoms with Gasteiger partial charge in [-0.3, -0.25) is 4.79 Å². The fourth-order valence-corrected chi connectivity index (χ4v) is 4.36. The Morgan fingerprint density at radius 3 is 2.62 bits per heavy atom. The van der Waals surface area contributed by atoms with Gasteiger partial charge in [0, 0.05) is 6.07 Å². The number of esters is 1. The summed E-state index contributed by atoms with van der Waals surface area (Å²) in [4.78, 5) is 15.5. The second-order valence-corrected chi connectivity index (χ2v) is 7.52. The molecule has 1 saturated carbocycles. The fourth-order valence-electron chi connectivity index (χ4n) is 2.32. The summed E-state index contributed by atoms with van der Waals surface area (Å²) < 4.78 is 34.2. The van der Waals surface area contributed by atoms with E-state index in [2.05, 4.69) is 9.72 Å². The van der Waals surface area contributed by atoms with E-state index in [0.717, 1.165) is 12.8 Å². The number of methoxy groups -OCH3 is 2. The molecule has 1 heterocycles. The number of carbonyl (C=O) groups is 1. The van der Waals surface area contributed by atoms with Crippen LogP contribution in [0.25, 0.3) is 0 Å². The number of carbonyl (C=O) groups excluding carboxylic acids is 1. The highest BCUT2D eigenvalue weighted by molar-refractivity contribution is 7.90. The Kier molecular flexibility index (Phi) is 4.51. The van der Waals surface area contributed by atoms with Crippen molar-refractivity contribution in [2.45, 2.75) is 25.0 Å². The lowest BCUT2D eigenvalue weighted by Crippen LogP contribution is -2.22. The fraction of sp³-hybridized carbons (Fsp3) is 0.571. The average Bonchev–Trinajstić information content (AvgIpc) is 3.16. The van der Waals surface area contributed by atoms with E-state index in [9.17, 15) is 13.2 Å². The SMILES string of the molecule is COC(=O)CC1(CS(=O)(=O)Cc2cccc(OC)n2)CC1. The summed E-state index contributed by atoms with van der Waals surface area (Å²) in [6, 6.07) is 5.02. The predicted octanol–water partition coefficient (Wildman–Crippen LogP) is 1.35. The number of pyridine rings is 1. The standard InChI is InChI=1S/C14H19NO5S/c1-19-12-5-3-4-11(15-12)9-21(17,18)10-14(6-7-14)8-13(16)20-2/h3-5H,6-10H2,1-2H3. The largest absolute Gasteiger partial charge is 0.481 e. The normalized spacial score (nSPS) is 16.3. The highest BCUT2D eigenvalue weighted by atomic mass is 32.2. The second kappa shape index (κ2) is 6.01. The van der Waals surface area contributed by atoms with Crippen molar-refractivity contribution in [2.75, 3.05) is 20.0 Å². The molecule has 1 aliphatic rings. The zero-order valence-corrected chi connectivity index (χ0v) is 13.0. The molecule has 0 aromatic carbocycles. The molecule has 1 aromatic heterocycles. The van der Waals surface area contributed by atoms with Crippen LogP contribution in [-0.2, 0) is 25.1 Å². The summed E-state index contributed by atoms with van der Waals surface area (Å²) in [5.41, 5.74) is 0.00773. The van der Waals surface area contributed by atoms with Crippen LogP contribution in [0.4, 0.5) is 0 Å². The first kappa shape index (κ1) is 15.8. The smallest absolute Gasteiger partial charge is 0.306 e. The van der Waals surface area contributed by atoms with Crippen LogP contribution in [0, 0.1) is 5.41 Å². The minimum Gasteiger partial charge on any atom is -0.481 e. The third-order valence-electron chi connectivity index (χ3n) is 3.59. The Morgan fingerprint density at radius 2 is 2.05 bits per heavy atom. The monoisotopic (exact) mass is 313 g/mol. The molecule has 0 bridgehead atoms. The average molecular weight is 313 g/mol. The number of aromatic nitrogens is 1. The molecule has 0 spiro atoms. The molecule has 2 rings (SSSR count). The maximum Gasteiger partial charge on any atom is 0.306 e. The molecule has 1 fully saturated rings. The van der Waals surface area contributed by atoms with Gasteiger partial charge in [-0.1, -0.05) is 6.07 Å². The molecule has 0 saturated heterocycles. The van der Waals surface area contributed by atoms with E-state index in [1.54, 1.807) is 18.2 Å². The van der Waals surface area contributed by atoms with Gasteiger partial charge in [-0.25, -0.2) is 13.4 Å².